The molecule has 20 heavy (non-hydrogen) atoms. The molecule has 0 saturated carbocycles. The number of urea groups is 1. The predicted octanol–water partition coefficient (Wildman–Crippen LogP) is -1.51. The summed E-state index contributed by atoms with van der Waals surface area (Å²) in [6, 6.07) is -0.317. The lowest BCUT2D eigenvalue weighted by Gasteiger charge is -2.13. The Morgan fingerprint density at radius 2 is 2.25 bits per heavy atom. The molecule has 0 aliphatic carbocycles. The van der Waals surface area contributed by atoms with Crippen LogP contribution in [0.4, 0.5) is 4.79 Å². The van der Waals surface area contributed by atoms with E-state index in [1.165, 1.54) is 4.90 Å². The van der Waals surface area contributed by atoms with E-state index < -0.39 is 0 Å². The summed E-state index contributed by atoms with van der Waals surface area (Å²) in [5, 5.41) is 15.7. The van der Waals surface area contributed by atoms with Crippen LogP contribution in [0.15, 0.2) is 0 Å². The lowest BCUT2D eigenvalue weighted by molar-refractivity contribution is -0.126. The number of rotatable bonds is 6. The number of hydrogen-bond donors (Lipinski definition) is 2. The van der Waals surface area contributed by atoms with E-state index in [9.17, 15) is 14.4 Å². The van der Waals surface area contributed by atoms with Crippen LogP contribution in [0.2, 0.25) is 0 Å². The molecule has 4 amide bonds. The van der Waals surface area contributed by atoms with Crippen LogP contribution in [-0.4, -0.2) is 68.4 Å². The molecule has 1 aromatic heterocycles. The van der Waals surface area contributed by atoms with Gasteiger partial charge in [0.25, 0.3) is 0 Å². The van der Waals surface area contributed by atoms with Crippen LogP contribution in [0, 0.1) is 0 Å². The first-order valence-corrected chi connectivity index (χ1v) is 6.12. The monoisotopic (exact) mass is 281 g/mol. The fourth-order valence-corrected chi connectivity index (χ4v) is 1.81. The zero-order chi connectivity index (χ0) is 14.5. The summed E-state index contributed by atoms with van der Waals surface area (Å²) in [6.45, 7) is 0.542. The SMILES string of the molecule is CN1CC(=O)N(CCCC(=O)NCc2nn[nH]n2)C1=O. The lowest BCUT2D eigenvalue weighted by Crippen LogP contribution is -2.33. The Hall–Kier alpha value is -2.52. The van der Waals surface area contributed by atoms with Crippen molar-refractivity contribution >= 4 is 17.8 Å². The number of carbonyl (C=O) groups excluding carboxylic acids is 3. The summed E-state index contributed by atoms with van der Waals surface area (Å²) < 4.78 is 0. The Bertz CT molecular complexity index is 501. The summed E-state index contributed by atoms with van der Waals surface area (Å²) in [5.74, 6) is -0.0307. The van der Waals surface area contributed by atoms with Crippen LogP contribution in [-0.2, 0) is 16.1 Å². The van der Waals surface area contributed by atoms with Crippen molar-refractivity contribution in [1.82, 2.24) is 35.7 Å². The molecule has 1 fully saturated rings. The second kappa shape index (κ2) is 6.08. The van der Waals surface area contributed by atoms with Gasteiger partial charge in [0.1, 0.15) is 6.54 Å². The molecule has 1 aliphatic heterocycles. The first kappa shape index (κ1) is 13.9. The zero-order valence-electron chi connectivity index (χ0n) is 11.0. The Labute approximate surface area is 114 Å². The fourth-order valence-electron chi connectivity index (χ4n) is 1.81. The third-order valence-corrected chi connectivity index (χ3v) is 2.85. The Morgan fingerprint density at radius 3 is 2.85 bits per heavy atom. The summed E-state index contributed by atoms with van der Waals surface area (Å²) in [5.41, 5.74) is 0. The number of hydrogen-bond acceptors (Lipinski definition) is 6. The van der Waals surface area contributed by atoms with Gasteiger partial charge in [0, 0.05) is 20.0 Å². The first-order chi connectivity index (χ1) is 9.58. The number of likely N-dealkylation sites (N-methyl/N-ethyl adjacent to an activating group) is 1. The summed E-state index contributed by atoms with van der Waals surface area (Å²) in [6.07, 6.45) is 0.641. The summed E-state index contributed by atoms with van der Waals surface area (Å²) >= 11 is 0. The van der Waals surface area contributed by atoms with Crippen LogP contribution in [0.25, 0.3) is 0 Å². The summed E-state index contributed by atoms with van der Waals surface area (Å²) in [7, 11) is 1.57. The molecule has 2 rings (SSSR count). The van der Waals surface area contributed by atoms with E-state index in [0.717, 1.165) is 4.90 Å². The highest BCUT2D eigenvalue weighted by Gasteiger charge is 2.32. The number of aromatic amines is 1. The highest BCUT2D eigenvalue weighted by atomic mass is 16.2. The molecule has 0 spiro atoms. The van der Waals surface area contributed by atoms with Gasteiger partial charge >= 0.3 is 6.03 Å². The molecule has 10 heteroatoms. The van der Waals surface area contributed by atoms with Crippen LogP contribution in [0.5, 0.6) is 0 Å². The van der Waals surface area contributed by atoms with E-state index in [2.05, 4.69) is 25.9 Å². The van der Waals surface area contributed by atoms with Gasteiger partial charge in [-0.05, 0) is 6.42 Å². The maximum atomic E-state index is 11.6. The maximum absolute atomic E-state index is 11.6. The van der Waals surface area contributed by atoms with Crippen molar-refractivity contribution in [3.63, 3.8) is 0 Å². The number of imide groups is 1. The number of H-pyrrole nitrogens is 1. The van der Waals surface area contributed by atoms with Crippen LogP contribution < -0.4 is 5.32 Å². The van der Waals surface area contributed by atoms with Gasteiger partial charge in [0.15, 0.2) is 5.82 Å². The summed E-state index contributed by atoms with van der Waals surface area (Å²) in [4.78, 5) is 37.1. The van der Waals surface area contributed by atoms with Gasteiger partial charge in [-0.2, -0.15) is 5.21 Å². The second-order valence-corrected chi connectivity index (χ2v) is 4.39. The van der Waals surface area contributed by atoms with E-state index in [4.69, 9.17) is 0 Å². The standard InChI is InChI=1S/C10H15N7O3/c1-16-6-9(19)17(10(16)20)4-2-3-8(18)11-5-7-12-14-15-13-7/h2-6H2,1H3,(H,11,18)(H,12,13,14,15). The van der Waals surface area contributed by atoms with Crippen LogP contribution in [0.3, 0.4) is 0 Å². The molecule has 0 atom stereocenters. The van der Waals surface area contributed by atoms with Gasteiger partial charge in [-0.15, -0.1) is 10.2 Å². The molecule has 1 aromatic rings. The van der Waals surface area contributed by atoms with Crippen molar-refractivity contribution in [2.75, 3.05) is 20.1 Å². The minimum atomic E-state index is -0.317. The predicted molar refractivity (Wildman–Crippen MR) is 65.0 cm³/mol. The average molecular weight is 281 g/mol. The van der Waals surface area contributed by atoms with E-state index in [1.807, 2.05) is 0 Å². The van der Waals surface area contributed by atoms with Crippen molar-refractivity contribution < 1.29 is 14.4 Å². The second-order valence-electron chi connectivity index (χ2n) is 4.39. The van der Waals surface area contributed by atoms with Crippen molar-refractivity contribution in [1.29, 1.82) is 0 Å². The quantitative estimate of drug-likeness (QED) is 0.611. The van der Waals surface area contributed by atoms with E-state index in [0.29, 0.717) is 12.2 Å². The molecular weight excluding hydrogens is 266 g/mol. The lowest BCUT2D eigenvalue weighted by atomic mass is 10.3. The van der Waals surface area contributed by atoms with E-state index >= 15 is 0 Å². The molecule has 2 heterocycles. The molecule has 0 bridgehead atoms. The molecule has 1 saturated heterocycles. The van der Waals surface area contributed by atoms with Crippen molar-refractivity contribution in [2.24, 2.45) is 0 Å². The molecular formula is C10H15N7O3. The van der Waals surface area contributed by atoms with E-state index in [-0.39, 0.29) is 43.9 Å². The van der Waals surface area contributed by atoms with Gasteiger partial charge in [-0.25, -0.2) is 4.79 Å². The molecule has 0 aromatic carbocycles. The van der Waals surface area contributed by atoms with Crippen molar-refractivity contribution in [2.45, 2.75) is 19.4 Å². The zero-order valence-corrected chi connectivity index (χ0v) is 11.0. The normalized spacial score (nSPS) is 15.1. The van der Waals surface area contributed by atoms with E-state index in [1.54, 1.807) is 7.05 Å². The highest BCUT2D eigenvalue weighted by molar-refractivity contribution is 6.01. The number of nitrogens with zero attached hydrogens (tertiary/aromatic N) is 5. The topological polar surface area (TPSA) is 124 Å². The number of tetrazole rings is 1. The molecule has 10 nitrogen and oxygen atoms in total. The Kier molecular flexibility index (Phi) is 4.23. The van der Waals surface area contributed by atoms with Crippen LogP contribution >= 0.6 is 0 Å². The number of amides is 4. The third kappa shape index (κ3) is 3.28. The van der Waals surface area contributed by atoms with Crippen molar-refractivity contribution in [3.8, 4) is 0 Å². The molecule has 0 radical (unpaired) electrons. The number of carbonyl (C=O) groups is 3. The average Bonchev–Trinajstić information content (AvgIpc) is 3.00. The highest BCUT2D eigenvalue weighted by Crippen LogP contribution is 2.08. The molecule has 1 aliphatic rings. The smallest absolute Gasteiger partial charge is 0.326 e. The Balaban J connectivity index is 1.66. The number of nitrogens with one attached hydrogen (secondary N) is 2. The minimum Gasteiger partial charge on any atom is -0.349 e. The van der Waals surface area contributed by atoms with Gasteiger partial charge in [0.05, 0.1) is 6.54 Å². The molecule has 108 valence electrons. The first-order valence-electron chi connectivity index (χ1n) is 6.12. The maximum Gasteiger partial charge on any atom is 0.326 e. The van der Waals surface area contributed by atoms with Gasteiger partial charge < -0.3 is 10.2 Å². The fraction of sp³-hybridized carbons (Fsp3) is 0.600. The van der Waals surface area contributed by atoms with Crippen LogP contribution in [0.1, 0.15) is 18.7 Å². The molecule has 0 unspecified atom stereocenters. The Morgan fingerprint density at radius 1 is 1.45 bits per heavy atom. The van der Waals surface area contributed by atoms with Gasteiger partial charge in [-0.1, -0.05) is 5.21 Å². The molecule has 2 N–H and O–H groups in total. The number of aromatic nitrogens is 4. The van der Waals surface area contributed by atoms with Crippen molar-refractivity contribution in [3.05, 3.63) is 5.82 Å². The van der Waals surface area contributed by atoms with Gasteiger partial charge in [-0.3, -0.25) is 14.5 Å². The third-order valence-electron chi connectivity index (χ3n) is 2.85. The minimum absolute atomic E-state index is 0.100. The van der Waals surface area contributed by atoms with Gasteiger partial charge in [0.2, 0.25) is 11.8 Å². The largest absolute Gasteiger partial charge is 0.349 e.